The summed E-state index contributed by atoms with van der Waals surface area (Å²) < 4.78 is 0. The Hall–Kier alpha value is -0.610. The molecular formula is C17H31N3S. The number of aryl methyl sites for hydroxylation is 1. The van der Waals surface area contributed by atoms with Crippen molar-refractivity contribution in [2.75, 3.05) is 18.0 Å². The molecule has 1 saturated heterocycles. The van der Waals surface area contributed by atoms with Crippen LogP contribution in [-0.2, 0) is 13.0 Å². The maximum absolute atomic E-state index is 5.89. The van der Waals surface area contributed by atoms with Gasteiger partial charge >= 0.3 is 0 Å². The van der Waals surface area contributed by atoms with Crippen molar-refractivity contribution in [3.05, 3.63) is 10.6 Å². The molecule has 1 fully saturated rings. The first kappa shape index (κ1) is 16.8. The summed E-state index contributed by atoms with van der Waals surface area (Å²) in [6, 6.07) is 0. The fourth-order valence-corrected chi connectivity index (χ4v) is 4.29. The van der Waals surface area contributed by atoms with Gasteiger partial charge in [-0.1, -0.05) is 34.1 Å². The summed E-state index contributed by atoms with van der Waals surface area (Å²) in [7, 11) is 0. The summed E-state index contributed by atoms with van der Waals surface area (Å²) >= 11 is 1.81. The molecule has 1 atom stereocenters. The molecule has 3 nitrogen and oxygen atoms in total. The number of nitrogens with zero attached hydrogens (tertiary/aromatic N) is 2. The van der Waals surface area contributed by atoms with Crippen LogP contribution in [0.5, 0.6) is 0 Å². The van der Waals surface area contributed by atoms with Gasteiger partial charge in [0.1, 0.15) is 0 Å². The highest BCUT2D eigenvalue weighted by molar-refractivity contribution is 7.15. The zero-order valence-corrected chi connectivity index (χ0v) is 14.9. The van der Waals surface area contributed by atoms with E-state index in [4.69, 9.17) is 10.7 Å². The molecule has 0 saturated carbocycles. The molecule has 0 amide bonds. The van der Waals surface area contributed by atoms with E-state index < -0.39 is 0 Å². The topological polar surface area (TPSA) is 42.2 Å². The molecule has 2 rings (SSSR count). The Morgan fingerprint density at radius 2 is 2.05 bits per heavy atom. The molecule has 1 aliphatic rings. The Balaban J connectivity index is 2.08. The SMILES string of the molecule is CCCc1nc(N2CCCC(C(C)(C)C)CC2)sc1CN. The first-order valence-electron chi connectivity index (χ1n) is 8.39. The summed E-state index contributed by atoms with van der Waals surface area (Å²) in [5.74, 6) is 0.826. The highest BCUT2D eigenvalue weighted by atomic mass is 32.1. The summed E-state index contributed by atoms with van der Waals surface area (Å²) in [6.45, 7) is 12.3. The molecule has 21 heavy (non-hydrogen) atoms. The molecule has 0 aliphatic carbocycles. The van der Waals surface area contributed by atoms with E-state index in [0.717, 1.165) is 31.8 Å². The average molecular weight is 310 g/mol. The van der Waals surface area contributed by atoms with E-state index in [-0.39, 0.29) is 0 Å². The number of anilines is 1. The zero-order chi connectivity index (χ0) is 15.5. The van der Waals surface area contributed by atoms with E-state index in [1.807, 2.05) is 11.3 Å². The van der Waals surface area contributed by atoms with E-state index in [1.165, 1.54) is 35.0 Å². The maximum Gasteiger partial charge on any atom is 0.185 e. The van der Waals surface area contributed by atoms with E-state index in [9.17, 15) is 0 Å². The third kappa shape index (κ3) is 4.19. The number of hydrogen-bond donors (Lipinski definition) is 1. The number of hydrogen-bond acceptors (Lipinski definition) is 4. The van der Waals surface area contributed by atoms with Crippen molar-refractivity contribution >= 4 is 16.5 Å². The first-order chi connectivity index (χ1) is 9.95. The smallest absolute Gasteiger partial charge is 0.185 e. The van der Waals surface area contributed by atoms with Gasteiger partial charge in [0.05, 0.1) is 5.69 Å². The molecule has 0 aromatic carbocycles. The molecule has 0 radical (unpaired) electrons. The highest BCUT2D eigenvalue weighted by Crippen LogP contribution is 2.36. The second-order valence-electron chi connectivity index (χ2n) is 7.30. The molecule has 120 valence electrons. The minimum Gasteiger partial charge on any atom is -0.348 e. The Morgan fingerprint density at radius 3 is 2.67 bits per heavy atom. The second kappa shape index (κ2) is 7.10. The molecule has 1 aromatic rings. The van der Waals surface area contributed by atoms with Gasteiger partial charge in [-0.2, -0.15) is 0 Å². The lowest BCUT2D eigenvalue weighted by atomic mass is 9.77. The Bertz CT molecular complexity index is 447. The van der Waals surface area contributed by atoms with Crippen LogP contribution in [0.4, 0.5) is 5.13 Å². The molecule has 4 heteroatoms. The van der Waals surface area contributed by atoms with Crippen LogP contribution in [0.1, 0.15) is 63.9 Å². The quantitative estimate of drug-likeness (QED) is 0.906. The van der Waals surface area contributed by atoms with Crippen molar-refractivity contribution in [3.63, 3.8) is 0 Å². The van der Waals surface area contributed by atoms with Crippen LogP contribution < -0.4 is 10.6 Å². The van der Waals surface area contributed by atoms with Gasteiger partial charge in [-0.3, -0.25) is 0 Å². The first-order valence-corrected chi connectivity index (χ1v) is 9.21. The van der Waals surface area contributed by atoms with Crippen LogP contribution in [0.15, 0.2) is 0 Å². The van der Waals surface area contributed by atoms with E-state index >= 15 is 0 Å². The normalized spacial score (nSPS) is 20.6. The predicted octanol–water partition coefficient (Wildman–Crippen LogP) is 4.21. The van der Waals surface area contributed by atoms with Gasteiger partial charge in [0, 0.05) is 24.5 Å². The molecule has 1 aliphatic heterocycles. The highest BCUT2D eigenvalue weighted by Gasteiger charge is 2.28. The van der Waals surface area contributed by atoms with Gasteiger partial charge in [0.15, 0.2) is 5.13 Å². The largest absolute Gasteiger partial charge is 0.348 e. The van der Waals surface area contributed by atoms with Gasteiger partial charge in [0.25, 0.3) is 0 Å². The lowest BCUT2D eigenvalue weighted by Gasteiger charge is -2.29. The van der Waals surface area contributed by atoms with E-state index in [0.29, 0.717) is 12.0 Å². The number of nitrogens with two attached hydrogens (primary N) is 1. The number of aromatic nitrogens is 1. The van der Waals surface area contributed by atoms with Crippen LogP contribution in [0, 0.1) is 11.3 Å². The zero-order valence-electron chi connectivity index (χ0n) is 14.1. The van der Waals surface area contributed by atoms with Crippen molar-refractivity contribution < 1.29 is 0 Å². The van der Waals surface area contributed by atoms with Crippen molar-refractivity contribution in [1.82, 2.24) is 4.98 Å². The fourth-order valence-electron chi connectivity index (χ4n) is 3.25. The van der Waals surface area contributed by atoms with Crippen LogP contribution in [0.2, 0.25) is 0 Å². The monoisotopic (exact) mass is 309 g/mol. The van der Waals surface area contributed by atoms with E-state index in [1.54, 1.807) is 0 Å². The van der Waals surface area contributed by atoms with Crippen LogP contribution >= 0.6 is 11.3 Å². The van der Waals surface area contributed by atoms with Gasteiger partial charge in [-0.25, -0.2) is 4.98 Å². The minimum atomic E-state index is 0.425. The summed E-state index contributed by atoms with van der Waals surface area (Å²) in [5.41, 5.74) is 7.54. The Morgan fingerprint density at radius 1 is 1.29 bits per heavy atom. The lowest BCUT2D eigenvalue weighted by Crippen LogP contribution is -2.26. The van der Waals surface area contributed by atoms with Crippen LogP contribution in [0.3, 0.4) is 0 Å². The molecule has 0 spiro atoms. The van der Waals surface area contributed by atoms with Gasteiger partial charge in [-0.05, 0) is 37.0 Å². The van der Waals surface area contributed by atoms with Crippen molar-refractivity contribution in [1.29, 1.82) is 0 Å². The van der Waals surface area contributed by atoms with E-state index in [2.05, 4.69) is 32.6 Å². The molecular weight excluding hydrogens is 278 g/mol. The van der Waals surface area contributed by atoms with Crippen LogP contribution in [-0.4, -0.2) is 18.1 Å². The average Bonchev–Trinajstić information content (AvgIpc) is 2.66. The van der Waals surface area contributed by atoms with Crippen LogP contribution in [0.25, 0.3) is 0 Å². The molecule has 2 heterocycles. The maximum atomic E-state index is 5.89. The summed E-state index contributed by atoms with van der Waals surface area (Å²) in [4.78, 5) is 8.66. The Kier molecular flexibility index (Phi) is 5.67. The predicted molar refractivity (Wildman–Crippen MR) is 93.0 cm³/mol. The van der Waals surface area contributed by atoms with Gasteiger partial charge < -0.3 is 10.6 Å². The summed E-state index contributed by atoms with van der Waals surface area (Å²) in [6.07, 6.45) is 6.10. The molecule has 1 aromatic heterocycles. The number of rotatable bonds is 4. The third-order valence-corrected chi connectivity index (χ3v) is 5.84. The van der Waals surface area contributed by atoms with Crippen molar-refractivity contribution in [3.8, 4) is 0 Å². The Labute approximate surface area is 133 Å². The molecule has 2 N–H and O–H groups in total. The van der Waals surface area contributed by atoms with Gasteiger partial charge in [0.2, 0.25) is 0 Å². The standard InChI is InChI=1S/C17H31N3S/c1-5-7-14-15(12-18)21-16(19-14)20-10-6-8-13(9-11-20)17(2,3)4/h13H,5-12,18H2,1-4H3. The second-order valence-corrected chi connectivity index (χ2v) is 8.36. The summed E-state index contributed by atoms with van der Waals surface area (Å²) in [5, 5.41) is 1.20. The van der Waals surface area contributed by atoms with Crippen molar-refractivity contribution in [2.45, 2.75) is 66.3 Å². The van der Waals surface area contributed by atoms with Gasteiger partial charge in [-0.15, -0.1) is 11.3 Å². The van der Waals surface area contributed by atoms with Crippen molar-refractivity contribution in [2.24, 2.45) is 17.1 Å². The molecule has 1 unspecified atom stereocenters. The fraction of sp³-hybridized carbons (Fsp3) is 0.824. The third-order valence-electron chi connectivity index (χ3n) is 4.66. The minimum absolute atomic E-state index is 0.425. The number of thiazole rings is 1. The lowest BCUT2D eigenvalue weighted by molar-refractivity contribution is 0.220. The molecule has 0 bridgehead atoms.